The van der Waals surface area contributed by atoms with E-state index in [2.05, 4.69) is 14.9 Å². The first kappa shape index (κ1) is 26.8. The molecule has 2 atom stereocenters. The molecule has 1 saturated heterocycles. The molecule has 1 fully saturated rings. The number of nitrogens with one attached hydrogen (secondary N) is 2. The van der Waals surface area contributed by atoms with Gasteiger partial charge < -0.3 is 15.3 Å². The Kier molecular flexibility index (Phi) is 9.39. The van der Waals surface area contributed by atoms with Gasteiger partial charge in [0.25, 0.3) is 0 Å². The van der Waals surface area contributed by atoms with Crippen molar-refractivity contribution in [3.8, 4) is 0 Å². The number of anilines is 1. The van der Waals surface area contributed by atoms with E-state index in [9.17, 15) is 23.1 Å². The average molecular weight is 503 g/mol. The maximum absolute atomic E-state index is 12.8. The Balaban J connectivity index is 1.57. The van der Waals surface area contributed by atoms with Gasteiger partial charge in [0.1, 0.15) is 6.42 Å². The molecule has 2 aromatic carbocycles. The van der Waals surface area contributed by atoms with Crippen LogP contribution in [0.15, 0.2) is 54.6 Å². The van der Waals surface area contributed by atoms with Crippen LogP contribution in [0.1, 0.15) is 36.9 Å². The van der Waals surface area contributed by atoms with Crippen molar-refractivity contribution in [2.75, 3.05) is 37.3 Å². The number of hydrogen-bond donors (Lipinski definition) is 3. The summed E-state index contributed by atoms with van der Waals surface area (Å²) < 4.78 is 25.7. The zero-order valence-electron chi connectivity index (χ0n) is 20.2. The molecule has 1 heterocycles. The smallest absolute Gasteiger partial charge is 0.236 e. The lowest BCUT2D eigenvalue weighted by Crippen LogP contribution is -2.39. The van der Waals surface area contributed by atoms with Crippen LogP contribution in [0.4, 0.5) is 5.69 Å². The molecule has 2 amide bonds. The van der Waals surface area contributed by atoms with Crippen LogP contribution in [0.5, 0.6) is 0 Å². The minimum absolute atomic E-state index is 0.00943. The van der Waals surface area contributed by atoms with Crippen molar-refractivity contribution in [3.63, 3.8) is 0 Å². The topological polar surface area (TPSA) is 119 Å². The van der Waals surface area contributed by atoms with Crippen LogP contribution < -0.4 is 14.9 Å². The molecule has 0 radical (unpaired) electrons. The summed E-state index contributed by atoms with van der Waals surface area (Å²) in [6, 6.07) is 16.2. The zero-order chi connectivity index (χ0) is 25.4. The van der Waals surface area contributed by atoms with Crippen molar-refractivity contribution < 1.29 is 23.1 Å². The highest BCUT2D eigenvalue weighted by Gasteiger charge is 2.25. The molecular formula is C25H34N4O5S. The Morgan fingerprint density at radius 1 is 1.14 bits per heavy atom. The predicted octanol–water partition coefficient (Wildman–Crippen LogP) is 1.40. The van der Waals surface area contributed by atoms with Gasteiger partial charge in [-0.2, -0.15) is 0 Å². The molecule has 0 saturated carbocycles. The van der Waals surface area contributed by atoms with E-state index in [1.807, 2.05) is 30.3 Å². The number of aliphatic hydroxyl groups excluding tert-OH is 1. The van der Waals surface area contributed by atoms with Crippen LogP contribution in [0.2, 0.25) is 0 Å². The van der Waals surface area contributed by atoms with Gasteiger partial charge in [0.05, 0.1) is 17.9 Å². The third-order valence-corrected chi connectivity index (χ3v) is 7.46. The van der Waals surface area contributed by atoms with E-state index in [1.54, 1.807) is 38.2 Å². The molecule has 3 N–H and O–H groups in total. The van der Waals surface area contributed by atoms with Gasteiger partial charge in [-0.3, -0.25) is 14.5 Å². The second-order valence-electron chi connectivity index (χ2n) is 8.75. The molecule has 2 aromatic rings. The predicted molar refractivity (Wildman–Crippen MR) is 135 cm³/mol. The molecule has 0 aliphatic carbocycles. The monoisotopic (exact) mass is 502 g/mol. The minimum Gasteiger partial charge on any atom is -0.392 e. The molecule has 0 aromatic heterocycles. The second kappa shape index (κ2) is 12.3. The first-order chi connectivity index (χ1) is 16.7. The van der Waals surface area contributed by atoms with Gasteiger partial charge in [0.2, 0.25) is 21.8 Å². The number of amides is 2. The first-order valence-corrected chi connectivity index (χ1v) is 13.4. The van der Waals surface area contributed by atoms with E-state index in [0.717, 1.165) is 17.7 Å². The number of hydrogen-bond acceptors (Lipinski definition) is 6. The molecule has 3 rings (SSSR count). The maximum Gasteiger partial charge on any atom is 0.236 e. The van der Waals surface area contributed by atoms with Crippen molar-refractivity contribution in [2.24, 2.45) is 0 Å². The molecule has 35 heavy (non-hydrogen) atoms. The number of carbonyl (C=O) groups is 2. The van der Waals surface area contributed by atoms with E-state index in [4.69, 9.17) is 0 Å². The number of nitrogens with zero attached hydrogens (tertiary/aromatic N) is 2. The van der Waals surface area contributed by atoms with E-state index < -0.39 is 10.0 Å². The van der Waals surface area contributed by atoms with Crippen molar-refractivity contribution in [2.45, 2.75) is 38.5 Å². The van der Waals surface area contributed by atoms with Crippen molar-refractivity contribution in [1.29, 1.82) is 0 Å². The molecule has 9 nitrogen and oxygen atoms in total. The maximum atomic E-state index is 12.8. The molecule has 1 aliphatic rings. The van der Waals surface area contributed by atoms with Crippen LogP contribution in [0.25, 0.3) is 0 Å². The number of rotatable bonds is 11. The van der Waals surface area contributed by atoms with E-state index in [-0.39, 0.29) is 42.7 Å². The highest BCUT2D eigenvalue weighted by molar-refractivity contribution is 7.89. The Bertz CT molecular complexity index is 1090. The molecule has 10 heteroatoms. The Morgan fingerprint density at radius 3 is 2.43 bits per heavy atom. The molecule has 0 spiro atoms. The Morgan fingerprint density at radius 2 is 1.83 bits per heavy atom. The normalized spacial score (nSPS) is 17.2. The van der Waals surface area contributed by atoms with Gasteiger partial charge >= 0.3 is 0 Å². The highest BCUT2D eigenvalue weighted by Crippen LogP contribution is 2.19. The number of sulfonamides is 1. The summed E-state index contributed by atoms with van der Waals surface area (Å²) in [5.41, 5.74) is 2.31. The summed E-state index contributed by atoms with van der Waals surface area (Å²) in [5, 5.41) is 12.8. The van der Waals surface area contributed by atoms with Gasteiger partial charge in [-0.05, 0) is 36.6 Å². The van der Waals surface area contributed by atoms with Gasteiger partial charge in [0.15, 0.2) is 0 Å². The number of benzene rings is 2. The fourth-order valence-electron chi connectivity index (χ4n) is 3.93. The summed E-state index contributed by atoms with van der Waals surface area (Å²) in [6.07, 6.45) is 0.0539. The van der Waals surface area contributed by atoms with Crippen LogP contribution in [-0.4, -0.2) is 68.8 Å². The first-order valence-electron chi connectivity index (χ1n) is 11.7. The summed E-state index contributed by atoms with van der Waals surface area (Å²) >= 11 is 0. The molecule has 190 valence electrons. The number of β-amino-alcohol motifs (C(OH)–C–C–N with tert-alkyl or cyclic N) is 1. The lowest BCUT2D eigenvalue weighted by atomic mass is 10.1. The fraction of sp³-hybridized carbons (Fsp3) is 0.440. The quantitative estimate of drug-likeness (QED) is 0.400. The lowest BCUT2D eigenvalue weighted by molar-refractivity contribution is -0.128. The molecular weight excluding hydrogens is 468 g/mol. The van der Waals surface area contributed by atoms with Crippen molar-refractivity contribution >= 4 is 27.5 Å². The van der Waals surface area contributed by atoms with E-state index in [1.165, 1.54) is 4.90 Å². The van der Waals surface area contributed by atoms with Gasteiger partial charge in [-0.25, -0.2) is 13.1 Å². The van der Waals surface area contributed by atoms with E-state index >= 15 is 0 Å². The van der Waals surface area contributed by atoms with Crippen LogP contribution in [0.3, 0.4) is 0 Å². The van der Waals surface area contributed by atoms with Gasteiger partial charge in [-0.1, -0.05) is 42.5 Å². The van der Waals surface area contributed by atoms with E-state index in [0.29, 0.717) is 25.2 Å². The van der Waals surface area contributed by atoms with Crippen molar-refractivity contribution in [1.82, 2.24) is 14.9 Å². The molecule has 1 aliphatic heterocycles. The van der Waals surface area contributed by atoms with Gasteiger partial charge in [0, 0.05) is 38.9 Å². The third-order valence-electron chi connectivity index (χ3n) is 6.11. The van der Waals surface area contributed by atoms with Gasteiger partial charge in [-0.15, -0.1) is 0 Å². The Labute approximate surface area is 207 Å². The standard InChI is InChI=1S/C25H34N4O5S/c1-3-35(33,34)26-16-19-9-11-21(12-10-19)28(2)25(32)15-24(31)27-23(20-7-5-4-6-8-20)18-29-14-13-22(30)17-29/h4-12,22-23,26,30H,3,13-18H2,1-2H3,(H,27,31)/t22-,23+/m0/s1. The summed E-state index contributed by atoms with van der Waals surface area (Å²) in [6.45, 7) is 3.63. The summed E-state index contributed by atoms with van der Waals surface area (Å²) in [7, 11) is -1.68. The highest BCUT2D eigenvalue weighted by atomic mass is 32.2. The summed E-state index contributed by atoms with van der Waals surface area (Å²) in [5.74, 6) is -0.721. The van der Waals surface area contributed by atoms with Crippen LogP contribution >= 0.6 is 0 Å². The lowest BCUT2D eigenvalue weighted by Gasteiger charge is -2.25. The second-order valence-corrected chi connectivity index (χ2v) is 10.8. The SMILES string of the molecule is CCS(=O)(=O)NCc1ccc(N(C)C(=O)CC(=O)N[C@H](CN2CC[C@H](O)C2)c2ccccc2)cc1. The van der Waals surface area contributed by atoms with Crippen LogP contribution in [0, 0.1) is 0 Å². The van der Waals surface area contributed by atoms with Crippen LogP contribution in [-0.2, 0) is 26.2 Å². The number of likely N-dealkylation sites (tertiary alicyclic amines) is 1. The zero-order valence-corrected chi connectivity index (χ0v) is 21.0. The fourth-order valence-corrected chi connectivity index (χ4v) is 4.52. The van der Waals surface area contributed by atoms with Crippen molar-refractivity contribution in [3.05, 3.63) is 65.7 Å². The number of carbonyl (C=O) groups excluding carboxylic acids is 2. The third kappa shape index (κ3) is 8.14. The molecule has 0 bridgehead atoms. The molecule has 0 unspecified atom stereocenters. The number of aliphatic hydroxyl groups is 1. The Hall–Kier alpha value is -2.79. The minimum atomic E-state index is -3.29. The average Bonchev–Trinajstić information content (AvgIpc) is 3.27. The summed E-state index contributed by atoms with van der Waals surface area (Å²) in [4.78, 5) is 29.1. The largest absolute Gasteiger partial charge is 0.392 e.